The van der Waals surface area contributed by atoms with Crippen LogP contribution in [0.4, 0.5) is 0 Å². The highest BCUT2D eigenvalue weighted by Gasteiger charge is 2.10. The van der Waals surface area contributed by atoms with Crippen molar-refractivity contribution >= 4 is 23.5 Å². The van der Waals surface area contributed by atoms with Crippen molar-refractivity contribution in [3.8, 4) is 0 Å². The average molecular weight is 207 g/mol. The summed E-state index contributed by atoms with van der Waals surface area (Å²) in [6, 6.07) is 0. The zero-order valence-corrected chi connectivity index (χ0v) is 8.26. The first-order valence-corrected chi connectivity index (χ1v) is 4.00. The van der Waals surface area contributed by atoms with E-state index in [1.165, 1.54) is 6.92 Å². The maximum Gasteiger partial charge on any atom is 0.349 e. The van der Waals surface area contributed by atoms with Gasteiger partial charge in [-0.15, -0.1) is 0 Å². The van der Waals surface area contributed by atoms with Crippen LogP contribution in [0.5, 0.6) is 0 Å². The minimum Gasteiger partial charge on any atom is -0.459 e. The number of rotatable bonds is 4. The molecular weight excluding hydrogens is 196 g/mol. The minimum atomic E-state index is -0.708. The van der Waals surface area contributed by atoms with Gasteiger partial charge in [0.1, 0.15) is 17.7 Å². The van der Waals surface area contributed by atoms with Crippen LogP contribution in [-0.4, -0.2) is 24.6 Å². The number of hydrogen-bond donors (Lipinski definition) is 0. The van der Waals surface area contributed by atoms with Gasteiger partial charge in [0.05, 0.1) is 0 Å². The van der Waals surface area contributed by atoms with Crippen LogP contribution in [0.1, 0.15) is 13.8 Å². The molecule has 74 valence electrons. The van der Waals surface area contributed by atoms with Crippen molar-refractivity contribution in [1.82, 2.24) is 0 Å². The Morgan fingerprint density at radius 3 is 2.46 bits per heavy atom. The van der Waals surface area contributed by atoms with Crippen LogP contribution in [-0.2, 0) is 19.1 Å². The fourth-order valence-corrected chi connectivity index (χ4v) is 0.643. The van der Waals surface area contributed by atoms with E-state index in [9.17, 15) is 9.59 Å². The van der Waals surface area contributed by atoms with E-state index in [-0.39, 0.29) is 11.6 Å². The molecule has 5 heteroatoms. The summed E-state index contributed by atoms with van der Waals surface area (Å²) in [4.78, 5) is 21.2. The van der Waals surface area contributed by atoms with Gasteiger partial charge in [-0.1, -0.05) is 18.2 Å². The van der Waals surface area contributed by atoms with Crippen molar-refractivity contribution in [3.05, 3.63) is 11.6 Å². The Hall–Kier alpha value is -1.03. The summed E-state index contributed by atoms with van der Waals surface area (Å²) >= 11 is 5.24. The largest absolute Gasteiger partial charge is 0.459 e. The second-order valence-electron chi connectivity index (χ2n) is 2.42. The molecule has 0 radical (unpaired) electrons. The number of carbonyl (C=O) groups is 2. The molecule has 4 nitrogen and oxygen atoms in total. The highest BCUT2D eigenvalue weighted by atomic mass is 35.5. The highest BCUT2D eigenvalue weighted by molar-refractivity contribution is 6.40. The Bertz CT molecular complexity index is 224. The van der Waals surface area contributed by atoms with Crippen LogP contribution in [0.2, 0.25) is 0 Å². The maximum absolute atomic E-state index is 10.7. The molecule has 0 rings (SSSR count). The summed E-state index contributed by atoms with van der Waals surface area (Å²) in [5, 5.41) is -0.199. The molecule has 0 saturated heterocycles. The van der Waals surface area contributed by atoms with Gasteiger partial charge in [-0.3, -0.25) is 4.79 Å². The number of esters is 2. The van der Waals surface area contributed by atoms with Crippen LogP contribution in [0.15, 0.2) is 11.6 Å². The normalized spacial score (nSPS) is 11.6. The second-order valence-corrected chi connectivity index (χ2v) is 2.88. The molecule has 0 fully saturated rings. The summed E-state index contributed by atoms with van der Waals surface area (Å²) in [7, 11) is 0. The molecule has 1 atom stereocenters. The molecule has 0 aromatic rings. The zero-order chi connectivity index (χ0) is 10.4. The lowest BCUT2D eigenvalue weighted by atomic mass is 10.4. The van der Waals surface area contributed by atoms with Crippen molar-refractivity contribution in [2.75, 3.05) is 6.61 Å². The summed E-state index contributed by atoms with van der Waals surface area (Å²) in [6.07, 6.45) is -0.475. The monoisotopic (exact) mass is 206 g/mol. The van der Waals surface area contributed by atoms with Gasteiger partial charge in [0.2, 0.25) is 0 Å². The standard InChI is InChI=1S/C8H11ClO4/c1-5(13-7(3)10)4-12-8(11)6(2)9/h5H,2,4H2,1,3H3. The van der Waals surface area contributed by atoms with Gasteiger partial charge in [-0.05, 0) is 6.92 Å². The predicted molar refractivity (Wildman–Crippen MR) is 47.2 cm³/mol. The predicted octanol–water partition coefficient (Wildman–Crippen LogP) is 1.23. The van der Waals surface area contributed by atoms with E-state index in [4.69, 9.17) is 16.3 Å². The maximum atomic E-state index is 10.7. The number of ether oxygens (including phenoxy) is 2. The Morgan fingerprint density at radius 2 is 2.08 bits per heavy atom. The second kappa shape index (κ2) is 5.59. The van der Waals surface area contributed by atoms with Crippen molar-refractivity contribution in [2.24, 2.45) is 0 Å². The first-order chi connectivity index (χ1) is 5.93. The van der Waals surface area contributed by atoms with Crippen LogP contribution < -0.4 is 0 Å². The van der Waals surface area contributed by atoms with Gasteiger partial charge in [0, 0.05) is 6.92 Å². The van der Waals surface area contributed by atoms with Gasteiger partial charge in [0.15, 0.2) is 0 Å². The molecule has 0 aliphatic carbocycles. The first kappa shape index (κ1) is 12.0. The lowest BCUT2D eigenvalue weighted by Crippen LogP contribution is -2.20. The van der Waals surface area contributed by atoms with Gasteiger partial charge >= 0.3 is 11.9 Å². The molecule has 0 aliphatic heterocycles. The number of halogens is 1. The molecular formula is C8H11ClO4. The molecule has 0 aromatic carbocycles. The lowest BCUT2D eigenvalue weighted by Gasteiger charge is -2.11. The average Bonchev–Trinajstić information content (AvgIpc) is 1.98. The van der Waals surface area contributed by atoms with Gasteiger partial charge in [0.25, 0.3) is 0 Å². The van der Waals surface area contributed by atoms with Crippen molar-refractivity contribution < 1.29 is 19.1 Å². The van der Waals surface area contributed by atoms with Crippen LogP contribution in [0.25, 0.3) is 0 Å². The summed E-state index contributed by atoms with van der Waals surface area (Å²) in [5.41, 5.74) is 0. The van der Waals surface area contributed by atoms with Crippen molar-refractivity contribution in [1.29, 1.82) is 0 Å². The Kier molecular flexibility index (Phi) is 5.14. The smallest absolute Gasteiger partial charge is 0.349 e. The molecule has 0 saturated carbocycles. The SMILES string of the molecule is C=C(Cl)C(=O)OCC(C)OC(C)=O. The Balaban J connectivity index is 3.70. The van der Waals surface area contributed by atoms with E-state index < -0.39 is 18.0 Å². The number of hydrogen-bond acceptors (Lipinski definition) is 4. The summed E-state index contributed by atoms with van der Waals surface area (Å²) < 4.78 is 9.31. The van der Waals surface area contributed by atoms with Crippen molar-refractivity contribution in [2.45, 2.75) is 20.0 Å². The third-order valence-electron chi connectivity index (χ3n) is 1.04. The van der Waals surface area contributed by atoms with Gasteiger partial charge < -0.3 is 9.47 Å². The van der Waals surface area contributed by atoms with Crippen molar-refractivity contribution in [3.63, 3.8) is 0 Å². The fourth-order valence-electron chi connectivity index (χ4n) is 0.589. The quantitative estimate of drug-likeness (QED) is 0.513. The molecule has 13 heavy (non-hydrogen) atoms. The van der Waals surface area contributed by atoms with Crippen LogP contribution in [0.3, 0.4) is 0 Å². The van der Waals surface area contributed by atoms with E-state index in [0.29, 0.717) is 0 Å². The number of carbonyl (C=O) groups excluding carboxylic acids is 2. The minimum absolute atomic E-state index is 0.0237. The molecule has 0 heterocycles. The summed E-state index contributed by atoms with van der Waals surface area (Å²) in [6.45, 7) is 6.03. The van der Waals surface area contributed by atoms with E-state index in [1.54, 1.807) is 6.92 Å². The molecule has 0 aromatic heterocycles. The van der Waals surface area contributed by atoms with E-state index >= 15 is 0 Å². The lowest BCUT2D eigenvalue weighted by molar-refractivity contribution is -0.153. The topological polar surface area (TPSA) is 52.6 Å². The highest BCUT2D eigenvalue weighted by Crippen LogP contribution is 2.01. The first-order valence-electron chi connectivity index (χ1n) is 3.62. The summed E-state index contributed by atoms with van der Waals surface area (Å²) in [5.74, 6) is -1.13. The fraction of sp³-hybridized carbons (Fsp3) is 0.500. The third-order valence-corrected chi connectivity index (χ3v) is 1.19. The molecule has 0 aliphatic rings. The van der Waals surface area contributed by atoms with E-state index in [0.717, 1.165) is 0 Å². The molecule has 0 N–H and O–H groups in total. The Morgan fingerprint density at radius 1 is 1.54 bits per heavy atom. The molecule has 0 spiro atoms. The molecule has 0 amide bonds. The zero-order valence-electron chi connectivity index (χ0n) is 7.50. The third kappa shape index (κ3) is 6.16. The Labute approximate surface area is 81.5 Å². The molecule has 0 bridgehead atoms. The van der Waals surface area contributed by atoms with Crippen LogP contribution >= 0.6 is 11.6 Å². The van der Waals surface area contributed by atoms with Crippen LogP contribution in [0, 0.1) is 0 Å². The van der Waals surface area contributed by atoms with Gasteiger partial charge in [-0.25, -0.2) is 4.79 Å². The van der Waals surface area contributed by atoms with Gasteiger partial charge in [-0.2, -0.15) is 0 Å². The van der Waals surface area contributed by atoms with E-state index in [1.807, 2.05) is 0 Å². The molecule has 1 unspecified atom stereocenters. The van der Waals surface area contributed by atoms with E-state index in [2.05, 4.69) is 11.3 Å².